The molecule has 2 heterocycles. The molecule has 13 nitrogen and oxygen atoms in total. The van der Waals surface area contributed by atoms with Crippen molar-refractivity contribution in [1.29, 1.82) is 0 Å². The average Bonchev–Trinajstić information content (AvgIpc) is 3.20. The standard InChI is InChI=1S/C25H32O13/c1-34-15-4-2-12(8-14(15)28)3-5-18(29)36-16-9-25(33,11-27)19-13(16)6-7-35-23(19)38-24-22(32)21(31)20(30)17(10-26)37-24/h2-8,13,16-17,19-24,26-28,30-33H,9-11H2,1H3/b5-3+/t13-,16+,17?,19+,20-,21?,22-,23-,24-,25+/m0/s1. The molecule has 38 heavy (non-hydrogen) atoms. The summed E-state index contributed by atoms with van der Waals surface area (Å²) in [6, 6.07) is 4.56. The van der Waals surface area contributed by atoms with Gasteiger partial charge in [0.05, 0.1) is 32.5 Å². The van der Waals surface area contributed by atoms with Crippen LogP contribution in [-0.2, 0) is 23.7 Å². The molecule has 4 rings (SSSR count). The summed E-state index contributed by atoms with van der Waals surface area (Å²) in [6.45, 7) is -1.39. The molecule has 0 spiro atoms. The number of phenolic OH excluding ortho intramolecular Hbond substituents is 1. The van der Waals surface area contributed by atoms with E-state index in [0.29, 0.717) is 5.56 Å². The van der Waals surface area contributed by atoms with Crippen molar-refractivity contribution in [2.75, 3.05) is 20.3 Å². The summed E-state index contributed by atoms with van der Waals surface area (Å²) in [7, 11) is 1.41. The van der Waals surface area contributed by atoms with E-state index in [0.717, 1.165) is 6.08 Å². The Bertz CT molecular complexity index is 1040. The predicted octanol–water partition coefficient (Wildman–Crippen LogP) is -1.63. The van der Waals surface area contributed by atoms with Crippen LogP contribution in [0, 0.1) is 11.8 Å². The number of phenols is 1. The summed E-state index contributed by atoms with van der Waals surface area (Å²) in [4.78, 5) is 12.6. The Hall–Kier alpha value is -2.75. The fourth-order valence-corrected chi connectivity index (χ4v) is 5.07. The molecule has 2 unspecified atom stereocenters. The number of methoxy groups -OCH3 is 1. The highest BCUT2D eigenvalue weighted by molar-refractivity contribution is 5.87. The molecule has 7 N–H and O–H groups in total. The first-order valence-corrected chi connectivity index (χ1v) is 12.0. The Morgan fingerprint density at radius 3 is 2.58 bits per heavy atom. The molecular formula is C25H32O13. The lowest BCUT2D eigenvalue weighted by molar-refractivity contribution is -0.347. The van der Waals surface area contributed by atoms with E-state index in [9.17, 15) is 40.5 Å². The molecule has 0 radical (unpaired) electrons. The number of aliphatic hydroxyl groups is 6. The van der Waals surface area contributed by atoms with Crippen LogP contribution in [0.5, 0.6) is 11.5 Å². The SMILES string of the molecule is COc1ccc(/C=C/C(=O)O[C@@H]2C[C@@](O)(CO)[C@H]3[C@H](O[C@@H]4OC(CO)[C@H](O)C(O)[C@@H]4O)OC=C[C@H]32)cc1O. The molecule has 0 aromatic heterocycles. The molecule has 0 amide bonds. The van der Waals surface area contributed by atoms with Crippen molar-refractivity contribution in [2.24, 2.45) is 11.8 Å². The van der Waals surface area contributed by atoms with Crippen LogP contribution in [0.1, 0.15) is 12.0 Å². The molecule has 1 saturated carbocycles. The monoisotopic (exact) mass is 540 g/mol. The number of carbonyl (C=O) groups is 1. The maximum atomic E-state index is 12.6. The number of aliphatic hydroxyl groups excluding tert-OH is 5. The van der Waals surface area contributed by atoms with E-state index >= 15 is 0 Å². The van der Waals surface area contributed by atoms with E-state index < -0.39 is 79.7 Å². The van der Waals surface area contributed by atoms with Crippen LogP contribution in [0.25, 0.3) is 6.08 Å². The second-order valence-corrected chi connectivity index (χ2v) is 9.48. The molecule has 10 atom stereocenters. The topological polar surface area (TPSA) is 205 Å². The van der Waals surface area contributed by atoms with Gasteiger partial charge in [-0.25, -0.2) is 4.79 Å². The Labute approximate surface area is 217 Å². The molecule has 1 aromatic rings. The van der Waals surface area contributed by atoms with Crippen molar-refractivity contribution in [3.8, 4) is 11.5 Å². The molecule has 210 valence electrons. The summed E-state index contributed by atoms with van der Waals surface area (Å²) in [5.74, 6) is -2.22. The maximum Gasteiger partial charge on any atom is 0.331 e. The normalized spacial score (nSPS) is 38.6. The summed E-state index contributed by atoms with van der Waals surface area (Å²) in [6.07, 6.45) is -4.73. The van der Waals surface area contributed by atoms with Crippen molar-refractivity contribution >= 4 is 12.0 Å². The quantitative estimate of drug-likeness (QED) is 0.146. The molecule has 1 aromatic carbocycles. The number of hydrogen-bond donors (Lipinski definition) is 7. The molecule has 0 bridgehead atoms. The molecule has 13 heteroatoms. The smallest absolute Gasteiger partial charge is 0.331 e. The fourth-order valence-electron chi connectivity index (χ4n) is 5.07. The van der Waals surface area contributed by atoms with E-state index in [1.807, 2.05) is 0 Å². The van der Waals surface area contributed by atoms with Gasteiger partial charge in [-0.3, -0.25) is 0 Å². The van der Waals surface area contributed by atoms with Crippen LogP contribution in [0.15, 0.2) is 36.6 Å². The lowest BCUT2D eigenvalue weighted by Gasteiger charge is -2.43. The minimum absolute atomic E-state index is 0.104. The number of ether oxygens (including phenoxy) is 5. The molecule has 1 saturated heterocycles. The van der Waals surface area contributed by atoms with Crippen molar-refractivity contribution in [3.63, 3.8) is 0 Å². The minimum Gasteiger partial charge on any atom is -0.504 e. The van der Waals surface area contributed by atoms with Gasteiger partial charge in [-0.1, -0.05) is 6.07 Å². The number of rotatable bonds is 8. The van der Waals surface area contributed by atoms with E-state index in [-0.39, 0.29) is 17.9 Å². The zero-order valence-corrected chi connectivity index (χ0v) is 20.4. The number of esters is 1. The molecule has 3 aliphatic rings. The minimum atomic E-state index is -1.81. The van der Waals surface area contributed by atoms with E-state index in [1.165, 1.54) is 31.6 Å². The van der Waals surface area contributed by atoms with Gasteiger partial charge in [-0.15, -0.1) is 0 Å². The van der Waals surface area contributed by atoms with Crippen molar-refractivity contribution in [1.82, 2.24) is 0 Å². The summed E-state index contributed by atoms with van der Waals surface area (Å²) in [5.41, 5.74) is -1.31. The molecular weight excluding hydrogens is 508 g/mol. The van der Waals surface area contributed by atoms with Crippen LogP contribution >= 0.6 is 0 Å². The second-order valence-electron chi connectivity index (χ2n) is 9.48. The van der Waals surface area contributed by atoms with Crippen molar-refractivity contribution in [3.05, 3.63) is 42.2 Å². The van der Waals surface area contributed by atoms with E-state index in [1.54, 1.807) is 12.1 Å². The number of hydrogen-bond acceptors (Lipinski definition) is 13. The lowest BCUT2D eigenvalue weighted by Crippen LogP contribution is -2.61. The van der Waals surface area contributed by atoms with E-state index in [2.05, 4.69) is 0 Å². The number of benzene rings is 1. The molecule has 1 aliphatic carbocycles. The average molecular weight is 541 g/mol. The van der Waals surface area contributed by atoms with Gasteiger partial charge in [0.1, 0.15) is 36.1 Å². The highest BCUT2D eigenvalue weighted by Gasteiger charge is 2.59. The third-order valence-electron chi connectivity index (χ3n) is 7.10. The zero-order chi connectivity index (χ0) is 27.6. The van der Waals surface area contributed by atoms with Gasteiger partial charge < -0.3 is 59.4 Å². The van der Waals surface area contributed by atoms with E-state index in [4.69, 9.17) is 23.7 Å². The van der Waals surface area contributed by atoms with Crippen LogP contribution in [0.2, 0.25) is 0 Å². The van der Waals surface area contributed by atoms with Gasteiger partial charge in [0, 0.05) is 18.4 Å². The first kappa shape index (κ1) is 28.3. The largest absolute Gasteiger partial charge is 0.504 e. The van der Waals surface area contributed by atoms with Crippen molar-refractivity contribution < 1.29 is 64.2 Å². The Balaban J connectivity index is 1.47. The summed E-state index contributed by atoms with van der Waals surface area (Å²) >= 11 is 0. The second kappa shape index (κ2) is 11.6. The van der Waals surface area contributed by atoms with Crippen LogP contribution in [-0.4, -0.2) is 111 Å². The first-order chi connectivity index (χ1) is 18.1. The van der Waals surface area contributed by atoms with Crippen LogP contribution in [0.4, 0.5) is 0 Å². The van der Waals surface area contributed by atoms with Gasteiger partial charge in [0.15, 0.2) is 17.8 Å². The van der Waals surface area contributed by atoms with Gasteiger partial charge in [0.2, 0.25) is 6.29 Å². The number of fused-ring (bicyclic) bond motifs is 1. The maximum absolute atomic E-state index is 12.6. The predicted molar refractivity (Wildman–Crippen MR) is 126 cm³/mol. The van der Waals surface area contributed by atoms with Gasteiger partial charge >= 0.3 is 5.97 Å². The highest BCUT2D eigenvalue weighted by atomic mass is 16.8. The number of carbonyl (C=O) groups excluding carboxylic acids is 1. The molecule has 2 fully saturated rings. The highest BCUT2D eigenvalue weighted by Crippen LogP contribution is 2.48. The van der Waals surface area contributed by atoms with Gasteiger partial charge in [-0.05, 0) is 29.8 Å². The summed E-state index contributed by atoms with van der Waals surface area (Å²) < 4.78 is 27.1. The fraction of sp³-hybridized carbons (Fsp3) is 0.560. The van der Waals surface area contributed by atoms with Gasteiger partial charge in [0.25, 0.3) is 0 Å². The Morgan fingerprint density at radius 1 is 1.16 bits per heavy atom. The Kier molecular flexibility index (Phi) is 8.59. The van der Waals surface area contributed by atoms with Crippen LogP contribution < -0.4 is 4.74 Å². The third-order valence-corrected chi connectivity index (χ3v) is 7.10. The van der Waals surface area contributed by atoms with Crippen LogP contribution in [0.3, 0.4) is 0 Å². The third kappa shape index (κ3) is 5.51. The molecule has 2 aliphatic heterocycles. The Morgan fingerprint density at radius 2 is 1.92 bits per heavy atom. The zero-order valence-electron chi connectivity index (χ0n) is 20.4. The number of aromatic hydroxyl groups is 1. The summed E-state index contributed by atoms with van der Waals surface area (Å²) in [5, 5.41) is 70.9. The first-order valence-electron chi connectivity index (χ1n) is 12.0. The van der Waals surface area contributed by atoms with Gasteiger partial charge in [-0.2, -0.15) is 0 Å². The van der Waals surface area contributed by atoms with Crippen molar-refractivity contribution in [2.45, 2.75) is 55.1 Å². The lowest BCUT2D eigenvalue weighted by atomic mass is 9.84.